The first-order valence-electron chi connectivity index (χ1n) is 12.0. The largest absolute Gasteiger partial charge is 0.465 e. The Labute approximate surface area is 187 Å². The molecule has 5 heteroatoms. The first kappa shape index (κ1) is 26.9. The van der Waals surface area contributed by atoms with Gasteiger partial charge in [0.05, 0.1) is 12.2 Å². The Morgan fingerprint density at radius 3 is 1.90 bits per heavy atom. The number of ether oxygens (including phenoxy) is 2. The fourth-order valence-electron chi connectivity index (χ4n) is 3.67. The highest BCUT2D eigenvalue weighted by Gasteiger charge is 2.46. The van der Waals surface area contributed by atoms with Crippen molar-refractivity contribution in [1.29, 1.82) is 0 Å². The molecule has 0 bridgehead atoms. The van der Waals surface area contributed by atoms with Gasteiger partial charge in [0.1, 0.15) is 5.75 Å². The molecule has 0 unspecified atom stereocenters. The fourth-order valence-corrected chi connectivity index (χ4v) is 3.67. The summed E-state index contributed by atoms with van der Waals surface area (Å²) in [5.74, 6) is -1.04. The van der Waals surface area contributed by atoms with Gasteiger partial charge in [0.25, 0.3) is 0 Å². The number of carbonyl (C=O) groups is 3. The molecule has 0 aliphatic carbocycles. The van der Waals surface area contributed by atoms with Crippen LogP contribution < -0.4 is 4.74 Å². The zero-order valence-electron chi connectivity index (χ0n) is 19.6. The summed E-state index contributed by atoms with van der Waals surface area (Å²) in [4.78, 5) is 36.8. The molecule has 31 heavy (non-hydrogen) atoms. The number of rotatable bonds is 17. The summed E-state index contributed by atoms with van der Waals surface area (Å²) in [5, 5.41) is 0. The number of para-hydroxylation sites is 1. The minimum absolute atomic E-state index is 0.163. The zero-order valence-corrected chi connectivity index (χ0v) is 19.6. The molecule has 0 atom stereocenters. The fraction of sp³-hybridized carbons (Fsp3) is 0.654. The monoisotopic (exact) mass is 432 g/mol. The number of hydrogen-bond acceptors (Lipinski definition) is 5. The zero-order chi connectivity index (χ0) is 23.0. The SMILES string of the molecule is CCCCCCCCCCCCOC(=O)C(CC)(CC)C(=O)Oc1ccccc1C=O. The number of hydrogen-bond donors (Lipinski definition) is 0. The van der Waals surface area contributed by atoms with E-state index < -0.39 is 17.4 Å². The van der Waals surface area contributed by atoms with Crippen LogP contribution in [0.25, 0.3) is 0 Å². The molecule has 0 aliphatic rings. The summed E-state index contributed by atoms with van der Waals surface area (Å²) in [6.45, 7) is 6.10. The summed E-state index contributed by atoms with van der Waals surface area (Å²) in [7, 11) is 0. The molecular formula is C26H40O5. The number of unbranched alkanes of at least 4 members (excludes halogenated alkanes) is 9. The van der Waals surface area contributed by atoms with E-state index in [0.29, 0.717) is 12.9 Å². The molecule has 0 saturated heterocycles. The van der Waals surface area contributed by atoms with Crippen molar-refractivity contribution >= 4 is 18.2 Å². The van der Waals surface area contributed by atoms with Crippen molar-refractivity contribution in [2.75, 3.05) is 6.61 Å². The van der Waals surface area contributed by atoms with E-state index in [9.17, 15) is 14.4 Å². The maximum absolute atomic E-state index is 12.9. The van der Waals surface area contributed by atoms with Gasteiger partial charge in [0, 0.05) is 0 Å². The predicted molar refractivity (Wildman–Crippen MR) is 123 cm³/mol. The van der Waals surface area contributed by atoms with Crippen LogP contribution in [0, 0.1) is 5.41 Å². The minimum atomic E-state index is -1.35. The van der Waals surface area contributed by atoms with Crippen LogP contribution in [0.5, 0.6) is 5.75 Å². The van der Waals surface area contributed by atoms with Crippen LogP contribution in [0.4, 0.5) is 0 Å². The molecule has 0 radical (unpaired) electrons. The molecule has 0 aromatic heterocycles. The molecule has 0 amide bonds. The number of benzene rings is 1. The van der Waals surface area contributed by atoms with Gasteiger partial charge < -0.3 is 9.47 Å². The topological polar surface area (TPSA) is 69.7 Å². The second-order valence-corrected chi connectivity index (χ2v) is 8.15. The molecule has 174 valence electrons. The van der Waals surface area contributed by atoms with Crippen molar-refractivity contribution in [2.45, 2.75) is 97.8 Å². The van der Waals surface area contributed by atoms with E-state index in [1.165, 1.54) is 44.9 Å². The molecule has 5 nitrogen and oxygen atoms in total. The third-order valence-corrected chi connectivity index (χ3v) is 5.97. The van der Waals surface area contributed by atoms with Crippen LogP contribution in [0.1, 0.15) is 108 Å². The quantitative estimate of drug-likeness (QED) is 0.0903. The Morgan fingerprint density at radius 1 is 0.806 bits per heavy atom. The second-order valence-electron chi connectivity index (χ2n) is 8.15. The number of esters is 2. The first-order chi connectivity index (χ1) is 15.1. The van der Waals surface area contributed by atoms with Gasteiger partial charge >= 0.3 is 11.9 Å². The van der Waals surface area contributed by atoms with E-state index in [1.807, 2.05) is 0 Å². The van der Waals surface area contributed by atoms with Gasteiger partial charge in [-0.3, -0.25) is 14.4 Å². The highest BCUT2D eigenvalue weighted by atomic mass is 16.6. The lowest BCUT2D eigenvalue weighted by atomic mass is 9.82. The Bertz CT molecular complexity index is 664. The first-order valence-corrected chi connectivity index (χ1v) is 12.0. The lowest BCUT2D eigenvalue weighted by molar-refractivity contribution is -0.168. The van der Waals surface area contributed by atoms with Gasteiger partial charge in [0.15, 0.2) is 11.7 Å². The summed E-state index contributed by atoms with van der Waals surface area (Å²) >= 11 is 0. The molecule has 1 rings (SSSR count). The van der Waals surface area contributed by atoms with E-state index in [-0.39, 0.29) is 24.2 Å². The average Bonchev–Trinajstić information content (AvgIpc) is 2.79. The van der Waals surface area contributed by atoms with Gasteiger partial charge in [-0.2, -0.15) is 0 Å². The van der Waals surface area contributed by atoms with Gasteiger partial charge in [-0.15, -0.1) is 0 Å². The maximum Gasteiger partial charge on any atom is 0.328 e. The van der Waals surface area contributed by atoms with Crippen molar-refractivity contribution in [2.24, 2.45) is 5.41 Å². The predicted octanol–water partition coefficient (Wildman–Crippen LogP) is 6.68. The Morgan fingerprint density at radius 2 is 1.35 bits per heavy atom. The van der Waals surface area contributed by atoms with Crippen molar-refractivity contribution in [3.05, 3.63) is 29.8 Å². The summed E-state index contributed by atoms with van der Waals surface area (Å²) in [6.07, 6.45) is 13.2. The van der Waals surface area contributed by atoms with E-state index in [0.717, 1.165) is 19.3 Å². The maximum atomic E-state index is 12.9. The van der Waals surface area contributed by atoms with Crippen LogP contribution in [0.3, 0.4) is 0 Å². The third-order valence-electron chi connectivity index (χ3n) is 5.97. The summed E-state index contributed by atoms with van der Waals surface area (Å²) in [6, 6.07) is 6.49. The normalized spacial score (nSPS) is 11.2. The smallest absolute Gasteiger partial charge is 0.328 e. The van der Waals surface area contributed by atoms with Crippen molar-refractivity contribution < 1.29 is 23.9 Å². The minimum Gasteiger partial charge on any atom is -0.465 e. The standard InChI is InChI=1S/C26H40O5/c1-4-7-8-9-10-11-12-13-14-17-20-30-24(28)26(5-2,6-3)25(29)31-23-19-16-15-18-22(23)21-27/h15-16,18-19,21H,4-14,17,20H2,1-3H3. The highest BCUT2D eigenvalue weighted by molar-refractivity contribution is 6.01. The van der Waals surface area contributed by atoms with Crippen LogP contribution in [0.15, 0.2) is 24.3 Å². The third kappa shape index (κ3) is 8.84. The van der Waals surface area contributed by atoms with E-state index in [2.05, 4.69) is 6.92 Å². The van der Waals surface area contributed by atoms with Crippen LogP contribution in [-0.4, -0.2) is 24.8 Å². The van der Waals surface area contributed by atoms with Gasteiger partial charge in [-0.05, 0) is 31.4 Å². The second kappa shape index (κ2) is 15.6. The molecule has 0 spiro atoms. The van der Waals surface area contributed by atoms with Crippen LogP contribution in [0.2, 0.25) is 0 Å². The van der Waals surface area contributed by atoms with E-state index in [4.69, 9.17) is 9.47 Å². The van der Waals surface area contributed by atoms with Gasteiger partial charge in [-0.25, -0.2) is 0 Å². The van der Waals surface area contributed by atoms with Crippen molar-refractivity contribution in [1.82, 2.24) is 0 Å². The Hall–Kier alpha value is -2.17. The molecule has 0 heterocycles. The van der Waals surface area contributed by atoms with Gasteiger partial charge in [0.2, 0.25) is 0 Å². The molecule has 0 saturated carbocycles. The van der Waals surface area contributed by atoms with Gasteiger partial charge in [-0.1, -0.05) is 90.7 Å². The molecule has 1 aromatic rings. The van der Waals surface area contributed by atoms with Crippen LogP contribution in [-0.2, 0) is 14.3 Å². The van der Waals surface area contributed by atoms with E-state index in [1.54, 1.807) is 38.1 Å². The summed E-state index contributed by atoms with van der Waals surface area (Å²) < 4.78 is 10.9. The van der Waals surface area contributed by atoms with Crippen molar-refractivity contribution in [3.63, 3.8) is 0 Å². The Balaban J connectivity index is 2.43. The lowest BCUT2D eigenvalue weighted by Gasteiger charge is -2.27. The molecule has 0 aliphatic heterocycles. The molecule has 0 N–H and O–H groups in total. The number of aldehydes is 1. The molecule has 0 fully saturated rings. The van der Waals surface area contributed by atoms with Crippen LogP contribution >= 0.6 is 0 Å². The summed E-state index contributed by atoms with van der Waals surface area (Å²) in [5.41, 5.74) is -1.08. The molecular weight excluding hydrogens is 392 g/mol. The van der Waals surface area contributed by atoms with E-state index >= 15 is 0 Å². The average molecular weight is 433 g/mol. The lowest BCUT2D eigenvalue weighted by Crippen LogP contribution is -2.42. The Kier molecular flexibility index (Phi) is 13.5. The molecule has 1 aromatic carbocycles. The van der Waals surface area contributed by atoms with Crippen molar-refractivity contribution in [3.8, 4) is 5.75 Å². The highest BCUT2D eigenvalue weighted by Crippen LogP contribution is 2.31. The number of carbonyl (C=O) groups excluding carboxylic acids is 3.